The van der Waals surface area contributed by atoms with Gasteiger partial charge in [0.05, 0.1) is 0 Å². The first-order valence-corrected chi connectivity index (χ1v) is 16.5. The molecule has 1 aliphatic heterocycles. The van der Waals surface area contributed by atoms with Crippen LogP contribution in [-0.2, 0) is 42.4 Å². The van der Waals surface area contributed by atoms with Crippen molar-refractivity contribution in [3.63, 3.8) is 0 Å². The summed E-state index contributed by atoms with van der Waals surface area (Å²) in [7, 11) is -13.4. The maximum absolute atomic E-state index is 11.4. The number of hydrogen-bond donors (Lipinski definition) is 0. The standard InChI is InChI=1S/C27H37N2.C2F6NO4S2.Au/c1-18(2)22-11-9-12-23(19(3)4)26(22)28-15-16-29(17-28)27-24(20(5)6)13-10-14-25(27)21(7)8;3-1(4,5)14(10,11)9-15(12,13)2(6,7)8;/h9-21H,1-8H3;;/q2*-1;. The molecule has 0 aromatic heterocycles. The molecule has 0 fully saturated rings. The van der Waals surface area contributed by atoms with Gasteiger partial charge >= 0.3 is 11.0 Å². The molecule has 0 saturated carbocycles. The molecule has 0 unspecified atom stereocenters. The Hall–Kier alpha value is -2.04. The van der Waals surface area contributed by atoms with Gasteiger partial charge in [-0.3, -0.25) is 0 Å². The number of halogens is 6. The zero-order valence-electron chi connectivity index (χ0n) is 25.9. The Morgan fingerprint density at radius 1 is 0.578 bits per heavy atom. The number of hydrogen-bond acceptors (Lipinski definition) is 6. The summed E-state index contributed by atoms with van der Waals surface area (Å²) in [5, 5.41) is 0. The van der Waals surface area contributed by atoms with E-state index in [2.05, 4.69) is 121 Å². The predicted octanol–water partition coefficient (Wildman–Crippen LogP) is 9.15. The number of nitrogens with zero attached hydrogens (tertiary/aromatic N) is 3. The molecule has 2 aromatic carbocycles. The zero-order chi connectivity index (χ0) is 34.0. The van der Waals surface area contributed by atoms with Gasteiger partial charge in [0.1, 0.15) is 0 Å². The van der Waals surface area contributed by atoms with E-state index < -0.39 is 31.1 Å². The Kier molecular flexibility index (Phi) is 13.9. The number of rotatable bonds is 8. The fourth-order valence-corrected chi connectivity index (χ4v) is 6.16. The minimum atomic E-state index is -6.72. The van der Waals surface area contributed by atoms with Crippen LogP contribution in [0.3, 0.4) is 0 Å². The van der Waals surface area contributed by atoms with E-state index in [1.54, 1.807) is 0 Å². The Bertz CT molecular complexity index is 1390. The van der Waals surface area contributed by atoms with Crippen LogP contribution in [0.2, 0.25) is 0 Å². The Morgan fingerprint density at radius 3 is 1.02 bits per heavy atom. The molecule has 1 aliphatic rings. The van der Waals surface area contributed by atoms with Crippen LogP contribution in [0.15, 0.2) is 48.8 Å². The third-order valence-corrected chi connectivity index (χ3v) is 9.36. The first kappa shape index (κ1) is 41.0. The van der Waals surface area contributed by atoms with Gasteiger partial charge in [0.25, 0.3) is 0 Å². The minimum Gasteiger partial charge on any atom is -0.479 e. The van der Waals surface area contributed by atoms with Crippen LogP contribution in [-0.4, -0.2) is 27.9 Å². The molecule has 2 aromatic rings. The molecule has 0 spiro atoms. The summed E-state index contributed by atoms with van der Waals surface area (Å²) in [5.74, 6) is 1.92. The molecule has 1 radical (unpaired) electrons. The van der Waals surface area contributed by atoms with Gasteiger partial charge in [-0.15, -0.1) is 6.67 Å². The van der Waals surface area contributed by atoms with Crippen LogP contribution >= 0.6 is 0 Å². The third-order valence-electron chi connectivity index (χ3n) is 6.62. The van der Waals surface area contributed by atoms with E-state index in [4.69, 9.17) is 0 Å². The number of anilines is 2. The van der Waals surface area contributed by atoms with Gasteiger partial charge in [-0.25, -0.2) is 16.8 Å². The molecule has 1 heterocycles. The second kappa shape index (κ2) is 15.2. The van der Waals surface area contributed by atoms with Crippen molar-refractivity contribution in [2.24, 2.45) is 0 Å². The smallest absolute Gasteiger partial charge is 0.479 e. The Labute approximate surface area is 277 Å². The number of para-hydroxylation sites is 2. The maximum Gasteiger partial charge on any atom is 0.480 e. The largest absolute Gasteiger partial charge is 0.480 e. The summed E-state index contributed by atoms with van der Waals surface area (Å²) in [6.07, 6.45) is 4.43. The summed E-state index contributed by atoms with van der Waals surface area (Å²) >= 11 is 0. The zero-order valence-corrected chi connectivity index (χ0v) is 29.7. The summed E-state index contributed by atoms with van der Waals surface area (Å²) in [6.45, 7) is 20.5. The van der Waals surface area contributed by atoms with E-state index in [1.807, 2.05) is 0 Å². The molecule has 0 atom stereocenters. The van der Waals surface area contributed by atoms with Crippen molar-refractivity contribution in [1.82, 2.24) is 0 Å². The molecular formula is C29H37AuF6N3O4S2-2. The molecule has 3 rings (SSSR count). The van der Waals surface area contributed by atoms with Gasteiger partial charge in [0.15, 0.2) is 20.0 Å². The first-order chi connectivity index (χ1) is 19.9. The topological polar surface area (TPSA) is 88.9 Å². The Balaban J connectivity index is 0.000000541. The quantitative estimate of drug-likeness (QED) is 0.150. The van der Waals surface area contributed by atoms with Gasteiger partial charge in [-0.05, 0) is 58.3 Å². The van der Waals surface area contributed by atoms with E-state index in [-0.39, 0.29) is 22.4 Å². The molecule has 0 amide bonds. The van der Waals surface area contributed by atoms with Gasteiger partial charge in [0.2, 0.25) is 0 Å². The van der Waals surface area contributed by atoms with Gasteiger partial charge < -0.3 is 13.9 Å². The van der Waals surface area contributed by atoms with Crippen molar-refractivity contribution in [3.05, 3.63) is 81.8 Å². The molecular weight excluding hydrogens is 829 g/mol. The van der Waals surface area contributed by atoms with E-state index >= 15 is 0 Å². The van der Waals surface area contributed by atoms with Crippen molar-refractivity contribution < 1.29 is 65.6 Å². The van der Waals surface area contributed by atoms with Crippen molar-refractivity contribution >= 4 is 31.4 Å². The summed E-state index contributed by atoms with van der Waals surface area (Å²) in [5.41, 5.74) is -4.12. The van der Waals surface area contributed by atoms with E-state index in [0.29, 0.717) is 23.7 Å². The van der Waals surface area contributed by atoms with Crippen LogP contribution in [0.4, 0.5) is 37.7 Å². The average molecular weight is 867 g/mol. The molecule has 16 heteroatoms. The number of sulfonamides is 2. The first-order valence-electron chi connectivity index (χ1n) is 13.6. The second-order valence-electron chi connectivity index (χ2n) is 11.3. The second-order valence-corrected chi connectivity index (χ2v) is 14.8. The van der Waals surface area contributed by atoms with Crippen LogP contribution < -0.4 is 9.80 Å². The Morgan fingerprint density at radius 2 is 0.822 bits per heavy atom. The molecule has 0 N–H and O–H groups in total. The third kappa shape index (κ3) is 9.74. The SMILES string of the molecule is CC(C)c1cccc(C(C)C)c1N1C=CN(c2c(C(C)C)cccc2C(C)C)[CH-]1.O=S(=O)([N-]S(=O)(=O)C(F)(F)F)C(F)(F)F.[Au]. The van der Waals surface area contributed by atoms with Crippen LogP contribution in [0.25, 0.3) is 4.13 Å². The monoisotopic (exact) mass is 866 g/mol. The normalized spacial score (nSPS) is 14.4. The summed E-state index contributed by atoms with van der Waals surface area (Å²) < 4.78 is 109. The summed E-state index contributed by atoms with van der Waals surface area (Å²) in [4.78, 5) is 4.65. The fourth-order valence-electron chi connectivity index (χ4n) is 4.45. The van der Waals surface area contributed by atoms with Crippen LogP contribution in [0.1, 0.15) is 101 Å². The van der Waals surface area contributed by atoms with Gasteiger partial charge in [-0.1, -0.05) is 91.8 Å². The fraction of sp³-hybridized carbons (Fsp3) is 0.483. The molecule has 259 valence electrons. The molecule has 7 nitrogen and oxygen atoms in total. The van der Waals surface area contributed by atoms with E-state index in [9.17, 15) is 43.2 Å². The molecule has 0 bridgehead atoms. The van der Waals surface area contributed by atoms with Gasteiger partial charge in [-0.2, -0.15) is 26.3 Å². The summed E-state index contributed by atoms with van der Waals surface area (Å²) in [6, 6.07) is 13.5. The number of benzene rings is 2. The van der Waals surface area contributed by atoms with Crippen molar-refractivity contribution in [1.29, 1.82) is 0 Å². The van der Waals surface area contributed by atoms with Crippen molar-refractivity contribution in [2.75, 3.05) is 9.80 Å². The van der Waals surface area contributed by atoms with E-state index in [1.165, 1.54) is 33.6 Å². The van der Waals surface area contributed by atoms with Gasteiger partial charge in [0, 0.05) is 33.8 Å². The number of alkyl halides is 6. The molecule has 45 heavy (non-hydrogen) atoms. The van der Waals surface area contributed by atoms with E-state index in [0.717, 1.165) is 4.13 Å². The molecule has 0 saturated heterocycles. The average Bonchev–Trinajstić information content (AvgIpc) is 3.35. The van der Waals surface area contributed by atoms with Crippen molar-refractivity contribution in [2.45, 2.75) is 90.1 Å². The molecule has 0 aliphatic carbocycles. The van der Waals surface area contributed by atoms with Crippen LogP contribution in [0, 0.1) is 6.67 Å². The minimum absolute atomic E-state index is 0. The van der Waals surface area contributed by atoms with Crippen LogP contribution in [0.5, 0.6) is 0 Å². The predicted molar refractivity (Wildman–Crippen MR) is 161 cm³/mol. The van der Waals surface area contributed by atoms with Crippen molar-refractivity contribution in [3.8, 4) is 0 Å². The maximum atomic E-state index is 11.4.